The zero-order valence-electron chi connectivity index (χ0n) is 10.2. The van der Waals surface area contributed by atoms with E-state index in [1.807, 2.05) is 12.1 Å². The molecule has 1 heterocycles. The summed E-state index contributed by atoms with van der Waals surface area (Å²) in [5, 5.41) is 0. The van der Waals surface area contributed by atoms with E-state index in [4.69, 9.17) is 11.5 Å². The van der Waals surface area contributed by atoms with Crippen LogP contribution in [0.5, 0.6) is 0 Å². The number of aryl methyl sites for hydroxylation is 1. The van der Waals surface area contributed by atoms with Gasteiger partial charge in [0.15, 0.2) is 9.84 Å². The van der Waals surface area contributed by atoms with E-state index in [0.717, 1.165) is 30.4 Å². The molecular weight excluding hydrogens is 248 g/mol. The Labute approximate surface area is 107 Å². The van der Waals surface area contributed by atoms with E-state index in [9.17, 15) is 8.42 Å². The molecule has 1 aromatic rings. The Morgan fingerprint density at radius 1 is 1.28 bits per heavy atom. The predicted molar refractivity (Wildman–Crippen MR) is 69.9 cm³/mol. The maximum Gasteiger partial charge on any atom is 0.178 e. The summed E-state index contributed by atoms with van der Waals surface area (Å²) in [6.45, 7) is 0. The van der Waals surface area contributed by atoms with Crippen molar-refractivity contribution in [3.8, 4) is 0 Å². The average molecular weight is 266 g/mol. The Morgan fingerprint density at radius 2 is 2.00 bits per heavy atom. The summed E-state index contributed by atoms with van der Waals surface area (Å²) in [4.78, 5) is 0.478. The van der Waals surface area contributed by atoms with Crippen LogP contribution in [0.2, 0.25) is 0 Å². The highest BCUT2D eigenvalue weighted by molar-refractivity contribution is 7.91. The van der Waals surface area contributed by atoms with Crippen LogP contribution in [-0.2, 0) is 16.3 Å². The van der Waals surface area contributed by atoms with Crippen molar-refractivity contribution in [1.82, 2.24) is 0 Å². The first kappa shape index (κ1) is 12.1. The van der Waals surface area contributed by atoms with E-state index in [0.29, 0.717) is 11.3 Å². The molecule has 3 rings (SSSR count). The molecule has 0 spiro atoms. The summed E-state index contributed by atoms with van der Waals surface area (Å²) >= 11 is 0. The van der Waals surface area contributed by atoms with Gasteiger partial charge in [-0.25, -0.2) is 8.42 Å². The minimum Gasteiger partial charge on any atom is -0.323 e. The average Bonchev–Trinajstić information content (AvgIpc) is 3.07. The molecule has 2 aliphatic rings. The van der Waals surface area contributed by atoms with Crippen molar-refractivity contribution in [1.29, 1.82) is 0 Å². The Bertz CT molecular complexity index is 591. The smallest absolute Gasteiger partial charge is 0.178 e. The normalized spacial score (nSPS) is 25.2. The SMILES string of the molecule is NC(c1ccc2c(c1)CCCS2(=O)=O)C1(N)CC1. The molecule has 18 heavy (non-hydrogen) atoms. The van der Waals surface area contributed by atoms with Gasteiger partial charge in [-0.2, -0.15) is 0 Å². The number of rotatable bonds is 2. The highest BCUT2D eigenvalue weighted by Gasteiger charge is 2.44. The molecule has 1 fully saturated rings. The van der Waals surface area contributed by atoms with E-state index < -0.39 is 9.84 Å². The quantitative estimate of drug-likeness (QED) is 0.832. The summed E-state index contributed by atoms with van der Waals surface area (Å²) < 4.78 is 23.8. The van der Waals surface area contributed by atoms with Gasteiger partial charge < -0.3 is 11.5 Å². The topological polar surface area (TPSA) is 86.2 Å². The molecule has 1 saturated carbocycles. The Morgan fingerprint density at radius 3 is 2.67 bits per heavy atom. The maximum atomic E-state index is 11.9. The first-order valence-electron chi connectivity index (χ1n) is 6.32. The summed E-state index contributed by atoms with van der Waals surface area (Å²) in [6.07, 6.45) is 3.40. The summed E-state index contributed by atoms with van der Waals surface area (Å²) in [6, 6.07) is 5.26. The second-order valence-electron chi connectivity index (χ2n) is 5.50. The third-order valence-electron chi connectivity index (χ3n) is 4.08. The number of benzene rings is 1. The second-order valence-corrected chi connectivity index (χ2v) is 7.58. The number of hydrogen-bond acceptors (Lipinski definition) is 4. The van der Waals surface area contributed by atoms with Gasteiger partial charge in [-0.3, -0.25) is 0 Å². The molecule has 0 radical (unpaired) electrons. The Balaban J connectivity index is 2.01. The van der Waals surface area contributed by atoms with Crippen LogP contribution in [0.25, 0.3) is 0 Å². The van der Waals surface area contributed by atoms with Gasteiger partial charge in [-0.05, 0) is 42.9 Å². The lowest BCUT2D eigenvalue weighted by molar-refractivity contribution is 0.534. The van der Waals surface area contributed by atoms with Gasteiger partial charge in [-0.15, -0.1) is 0 Å². The molecule has 0 aromatic heterocycles. The fraction of sp³-hybridized carbons (Fsp3) is 0.538. The van der Waals surface area contributed by atoms with Crippen LogP contribution in [0.4, 0.5) is 0 Å². The molecule has 4 N–H and O–H groups in total. The predicted octanol–water partition coefficient (Wildman–Crippen LogP) is 0.898. The Kier molecular flexibility index (Phi) is 2.56. The van der Waals surface area contributed by atoms with Crippen molar-refractivity contribution in [3.63, 3.8) is 0 Å². The minimum atomic E-state index is -3.08. The fourth-order valence-electron chi connectivity index (χ4n) is 2.64. The minimum absolute atomic E-state index is 0.188. The Hall–Kier alpha value is -0.910. The third-order valence-corrected chi connectivity index (χ3v) is 5.98. The van der Waals surface area contributed by atoms with Crippen LogP contribution < -0.4 is 11.5 Å². The monoisotopic (exact) mass is 266 g/mol. The fourth-order valence-corrected chi connectivity index (χ4v) is 4.22. The zero-order valence-corrected chi connectivity index (χ0v) is 11.0. The highest BCUT2D eigenvalue weighted by atomic mass is 32.2. The third kappa shape index (κ3) is 1.86. The molecule has 1 aromatic carbocycles. The van der Waals surface area contributed by atoms with Gasteiger partial charge in [0.25, 0.3) is 0 Å². The van der Waals surface area contributed by atoms with Crippen LogP contribution in [0, 0.1) is 0 Å². The van der Waals surface area contributed by atoms with Crippen LogP contribution in [0.3, 0.4) is 0 Å². The van der Waals surface area contributed by atoms with Crippen LogP contribution >= 0.6 is 0 Å². The van der Waals surface area contributed by atoms with Gasteiger partial charge >= 0.3 is 0 Å². The summed E-state index contributed by atoms with van der Waals surface area (Å²) in [5.41, 5.74) is 13.9. The lowest BCUT2D eigenvalue weighted by Crippen LogP contribution is -2.36. The van der Waals surface area contributed by atoms with Crippen molar-refractivity contribution in [2.45, 2.75) is 42.2 Å². The van der Waals surface area contributed by atoms with Crippen molar-refractivity contribution >= 4 is 9.84 Å². The van der Waals surface area contributed by atoms with Gasteiger partial charge in [0, 0.05) is 11.6 Å². The van der Waals surface area contributed by atoms with Crippen molar-refractivity contribution in [3.05, 3.63) is 29.3 Å². The largest absolute Gasteiger partial charge is 0.323 e. The molecular formula is C13H18N2O2S. The maximum absolute atomic E-state index is 11.9. The standard InChI is InChI=1S/C13H18N2O2S/c14-12(13(15)5-6-13)10-3-4-11-9(8-10)2-1-7-18(11,16)17/h3-4,8,12H,1-2,5-7,14-15H2. The van der Waals surface area contributed by atoms with E-state index in [1.54, 1.807) is 6.07 Å². The summed E-state index contributed by atoms with van der Waals surface area (Å²) in [5.74, 6) is 0.256. The van der Waals surface area contributed by atoms with Gasteiger partial charge in [0.1, 0.15) is 0 Å². The molecule has 0 bridgehead atoms. The first-order chi connectivity index (χ1) is 8.42. The van der Waals surface area contributed by atoms with Crippen molar-refractivity contribution in [2.75, 3.05) is 5.75 Å². The molecule has 0 amide bonds. The number of hydrogen-bond donors (Lipinski definition) is 2. The summed E-state index contributed by atoms with van der Waals surface area (Å²) in [7, 11) is -3.08. The van der Waals surface area contributed by atoms with Gasteiger partial charge in [0.2, 0.25) is 0 Å². The van der Waals surface area contributed by atoms with Gasteiger partial charge in [0.05, 0.1) is 10.6 Å². The lowest BCUT2D eigenvalue weighted by atomic mass is 9.96. The van der Waals surface area contributed by atoms with Crippen LogP contribution in [-0.4, -0.2) is 19.7 Å². The molecule has 1 aliphatic heterocycles. The van der Waals surface area contributed by atoms with Gasteiger partial charge in [-0.1, -0.05) is 12.1 Å². The number of fused-ring (bicyclic) bond motifs is 1. The molecule has 5 heteroatoms. The van der Waals surface area contributed by atoms with E-state index in [1.165, 1.54) is 0 Å². The molecule has 0 saturated heterocycles. The van der Waals surface area contributed by atoms with Crippen LogP contribution in [0.1, 0.15) is 36.4 Å². The van der Waals surface area contributed by atoms with Crippen LogP contribution in [0.15, 0.2) is 23.1 Å². The number of sulfone groups is 1. The van der Waals surface area contributed by atoms with E-state index in [2.05, 4.69) is 0 Å². The first-order valence-corrected chi connectivity index (χ1v) is 7.98. The van der Waals surface area contributed by atoms with Crippen molar-refractivity contribution < 1.29 is 8.42 Å². The molecule has 4 nitrogen and oxygen atoms in total. The van der Waals surface area contributed by atoms with E-state index >= 15 is 0 Å². The highest BCUT2D eigenvalue weighted by Crippen LogP contribution is 2.42. The van der Waals surface area contributed by atoms with E-state index in [-0.39, 0.29) is 17.3 Å². The number of nitrogens with two attached hydrogens (primary N) is 2. The molecule has 1 aliphatic carbocycles. The second kappa shape index (κ2) is 3.79. The lowest BCUT2D eigenvalue weighted by Gasteiger charge is -2.22. The molecule has 1 atom stereocenters. The zero-order chi connectivity index (χ0) is 13.0. The molecule has 98 valence electrons. The van der Waals surface area contributed by atoms with Crippen molar-refractivity contribution in [2.24, 2.45) is 11.5 Å². The molecule has 1 unspecified atom stereocenters.